The Bertz CT molecular complexity index is 1010. The maximum Gasteiger partial charge on any atom is 0.291 e. The Balaban J connectivity index is 1.58. The van der Waals surface area contributed by atoms with Crippen LogP contribution >= 0.6 is 0 Å². The molecule has 148 valence electrons. The number of carbonyl (C=O) groups is 3. The Hall–Kier alpha value is -3.87. The number of nitrogens with zero attached hydrogens (tertiary/aromatic N) is 1. The molecule has 29 heavy (non-hydrogen) atoms. The van der Waals surface area contributed by atoms with Gasteiger partial charge in [0.05, 0.1) is 6.26 Å². The van der Waals surface area contributed by atoms with Crippen LogP contribution in [0.2, 0.25) is 0 Å². The van der Waals surface area contributed by atoms with Gasteiger partial charge in [0.15, 0.2) is 5.76 Å². The van der Waals surface area contributed by atoms with Crippen molar-refractivity contribution < 1.29 is 18.8 Å². The van der Waals surface area contributed by atoms with Crippen LogP contribution < -0.4 is 10.6 Å². The van der Waals surface area contributed by atoms with E-state index in [-0.39, 0.29) is 23.5 Å². The van der Waals surface area contributed by atoms with Gasteiger partial charge < -0.3 is 20.0 Å². The van der Waals surface area contributed by atoms with Gasteiger partial charge in [-0.3, -0.25) is 14.4 Å². The van der Waals surface area contributed by atoms with Gasteiger partial charge in [-0.25, -0.2) is 0 Å². The van der Waals surface area contributed by atoms with Crippen LogP contribution in [0.25, 0.3) is 0 Å². The SMILES string of the molecule is CN(C)C(=O)c1cccc(CNC(=O)c2ccc(NC(=O)c3ccco3)cc2)c1. The molecule has 2 aromatic carbocycles. The molecule has 1 aromatic heterocycles. The molecular formula is C22H21N3O4. The lowest BCUT2D eigenvalue weighted by Crippen LogP contribution is -2.24. The fourth-order valence-electron chi connectivity index (χ4n) is 2.66. The zero-order valence-electron chi connectivity index (χ0n) is 16.1. The largest absolute Gasteiger partial charge is 0.459 e. The summed E-state index contributed by atoms with van der Waals surface area (Å²) < 4.78 is 5.04. The van der Waals surface area contributed by atoms with E-state index in [1.54, 1.807) is 68.7 Å². The molecule has 0 fully saturated rings. The molecule has 0 saturated heterocycles. The maximum atomic E-state index is 12.4. The molecule has 0 spiro atoms. The lowest BCUT2D eigenvalue weighted by molar-refractivity contribution is 0.0827. The van der Waals surface area contributed by atoms with Crippen molar-refractivity contribution in [1.82, 2.24) is 10.2 Å². The van der Waals surface area contributed by atoms with Gasteiger partial charge in [-0.2, -0.15) is 0 Å². The molecule has 0 bridgehead atoms. The van der Waals surface area contributed by atoms with Gasteiger partial charge in [-0.1, -0.05) is 12.1 Å². The van der Waals surface area contributed by atoms with Crippen molar-refractivity contribution in [3.63, 3.8) is 0 Å². The summed E-state index contributed by atoms with van der Waals surface area (Å²) in [6.07, 6.45) is 1.43. The van der Waals surface area contributed by atoms with E-state index in [2.05, 4.69) is 10.6 Å². The Morgan fingerprint density at radius 3 is 2.31 bits per heavy atom. The summed E-state index contributed by atoms with van der Waals surface area (Å²) in [6.45, 7) is 0.296. The number of nitrogens with one attached hydrogen (secondary N) is 2. The van der Waals surface area contributed by atoms with Crippen LogP contribution in [0.5, 0.6) is 0 Å². The highest BCUT2D eigenvalue weighted by Crippen LogP contribution is 2.12. The second kappa shape index (κ2) is 8.88. The summed E-state index contributed by atoms with van der Waals surface area (Å²) in [5.41, 5.74) is 2.41. The number of rotatable bonds is 6. The van der Waals surface area contributed by atoms with Crippen LogP contribution in [0.1, 0.15) is 36.8 Å². The van der Waals surface area contributed by atoms with E-state index in [0.29, 0.717) is 23.4 Å². The third-order valence-corrected chi connectivity index (χ3v) is 4.18. The predicted molar refractivity (Wildman–Crippen MR) is 109 cm³/mol. The summed E-state index contributed by atoms with van der Waals surface area (Å²) in [4.78, 5) is 37.9. The Kier molecular flexibility index (Phi) is 6.09. The fraction of sp³-hybridized carbons (Fsp3) is 0.136. The third kappa shape index (κ3) is 5.10. The Morgan fingerprint density at radius 2 is 1.66 bits per heavy atom. The highest BCUT2D eigenvalue weighted by atomic mass is 16.3. The van der Waals surface area contributed by atoms with Crippen LogP contribution in [0, 0.1) is 0 Å². The molecule has 0 aliphatic carbocycles. The van der Waals surface area contributed by atoms with Gasteiger partial charge in [0.1, 0.15) is 0 Å². The highest BCUT2D eigenvalue weighted by molar-refractivity contribution is 6.02. The van der Waals surface area contributed by atoms with Gasteiger partial charge in [0, 0.05) is 37.5 Å². The standard InChI is InChI=1S/C22H21N3O4/c1-25(2)22(28)17-6-3-5-15(13-17)14-23-20(26)16-8-10-18(11-9-16)24-21(27)19-7-4-12-29-19/h3-13H,14H2,1-2H3,(H,23,26)(H,24,27). The topological polar surface area (TPSA) is 91.7 Å². The number of benzene rings is 2. The van der Waals surface area contributed by atoms with E-state index < -0.39 is 0 Å². The molecule has 0 saturated carbocycles. The molecule has 3 aromatic rings. The first kappa shape index (κ1) is 19.9. The second-order valence-electron chi connectivity index (χ2n) is 6.59. The Morgan fingerprint density at radius 1 is 0.897 bits per heavy atom. The number of hydrogen-bond donors (Lipinski definition) is 2. The molecule has 0 atom stereocenters. The quantitative estimate of drug-likeness (QED) is 0.675. The first-order chi connectivity index (χ1) is 13.9. The number of carbonyl (C=O) groups excluding carboxylic acids is 3. The van der Waals surface area contributed by atoms with Gasteiger partial charge in [0.2, 0.25) is 0 Å². The van der Waals surface area contributed by atoms with E-state index in [1.165, 1.54) is 11.2 Å². The number of hydrogen-bond acceptors (Lipinski definition) is 4. The van der Waals surface area contributed by atoms with Crippen LogP contribution in [-0.2, 0) is 6.54 Å². The predicted octanol–water partition coefficient (Wildman–Crippen LogP) is 3.16. The van der Waals surface area contributed by atoms with E-state index in [9.17, 15) is 14.4 Å². The monoisotopic (exact) mass is 391 g/mol. The average molecular weight is 391 g/mol. The minimum Gasteiger partial charge on any atom is -0.459 e. The van der Waals surface area contributed by atoms with Gasteiger partial charge >= 0.3 is 0 Å². The maximum absolute atomic E-state index is 12.4. The lowest BCUT2D eigenvalue weighted by Gasteiger charge is -2.11. The molecule has 0 unspecified atom stereocenters. The van der Waals surface area contributed by atoms with Crippen LogP contribution in [0.4, 0.5) is 5.69 Å². The number of furan rings is 1. The highest BCUT2D eigenvalue weighted by Gasteiger charge is 2.11. The minimum atomic E-state index is -0.362. The summed E-state index contributed by atoms with van der Waals surface area (Å²) >= 11 is 0. The molecular weight excluding hydrogens is 370 g/mol. The average Bonchev–Trinajstić information content (AvgIpc) is 3.27. The van der Waals surface area contributed by atoms with E-state index in [1.807, 2.05) is 6.07 Å². The number of anilines is 1. The van der Waals surface area contributed by atoms with E-state index >= 15 is 0 Å². The zero-order chi connectivity index (χ0) is 20.8. The fourth-order valence-corrected chi connectivity index (χ4v) is 2.66. The molecule has 3 amide bonds. The molecule has 7 heteroatoms. The molecule has 0 radical (unpaired) electrons. The summed E-state index contributed by atoms with van der Waals surface area (Å²) in [5, 5.41) is 5.52. The van der Waals surface area contributed by atoms with Crippen molar-refractivity contribution in [2.45, 2.75) is 6.54 Å². The van der Waals surface area contributed by atoms with Crippen molar-refractivity contribution >= 4 is 23.4 Å². The smallest absolute Gasteiger partial charge is 0.291 e. The third-order valence-electron chi connectivity index (χ3n) is 4.18. The van der Waals surface area contributed by atoms with Gasteiger partial charge in [-0.15, -0.1) is 0 Å². The van der Waals surface area contributed by atoms with E-state index in [4.69, 9.17) is 4.42 Å². The number of amides is 3. The van der Waals surface area contributed by atoms with Crippen LogP contribution in [0.3, 0.4) is 0 Å². The Labute approximate surface area is 168 Å². The van der Waals surface area contributed by atoms with Crippen molar-refractivity contribution in [2.24, 2.45) is 0 Å². The first-order valence-electron chi connectivity index (χ1n) is 8.98. The lowest BCUT2D eigenvalue weighted by atomic mass is 10.1. The van der Waals surface area contributed by atoms with Crippen molar-refractivity contribution in [3.8, 4) is 0 Å². The molecule has 0 aliphatic heterocycles. The summed E-state index contributed by atoms with van der Waals surface area (Å²) in [5.74, 6) is -0.496. The van der Waals surface area contributed by atoms with Crippen molar-refractivity contribution in [3.05, 3.63) is 89.4 Å². The molecule has 7 nitrogen and oxygen atoms in total. The zero-order valence-corrected chi connectivity index (χ0v) is 16.1. The van der Waals surface area contributed by atoms with E-state index in [0.717, 1.165) is 5.56 Å². The van der Waals surface area contributed by atoms with Crippen molar-refractivity contribution in [1.29, 1.82) is 0 Å². The normalized spacial score (nSPS) is 10.3. The van der Waals surface area contributed by atoms with Crippen LogP contribution in [0.15, 0.2) is 71.3 Å². The molecule has 3 rings (SSSR count). The molecule has 2 N–H and O–H groups in total. The van der Waals surface area contributed by atoms with Crippen molar-refractivity contribution in [2.75, 3.05) is 19.4 Å². The summed E-state index contributed by atoms with van der Waals surface area (Å²) in [7, 11) is 3.38. The second-order valence-corrected chi connectivity index (χ2v) is 6.59. The van der Waals surface area contributed by atoms with Gasteiger partial charge in [0.25, 0.3) is 17.7 Å². The molecule has 0 aliphatic rings. The first-order valence-corrected chi connectivity index (χ1v) is 8.98. The van der Waals surface area contributed by atoms with Crippen LogP contribution in [-0.4, -0.2) is 36.7 Å². The minimum absolute atomic E-state index is 0.0923. The summed E-state index contributed by atoms with van der Waals surface area (Å²) in [6, 6.07) is 16.9. The van der Waals surface area contributed by atoms with Gasteiger partial charge in [-0.05, 0) is 54.1 Å². The molecule has 1 heterocycles.